The van der Waals surface area contributed by atoms with Gasteiger partial charge in [-0.25, -0.2) is 0 Å². The number of piperidine rings is 1. The molecule has 1 saturated heterocycles. The molecule has 0 bridgehead atoms. The van der Waals surface area contributed by atoms with E-state index in [1.165, 1.54) is 5.56 Å². The van der Waals surface area contributed by atoms with Gasteiger partial charge >= 0.3 is 0 Å². The third kappa shape index (κ3) is 4.90. The molecule has 0 unspecified atom stereocenters. The molecule has 1 fully saturated rings. The SMILES string of the molecule is Cc1ccc(NC(=S)Nc2cccc(C(=O)C3CCN(C)CC3)c2)cc1. The lowest BCUT2D eigenvalue weighted by atomic mass is 9.89. The quantitative estimate of drug-likeness (QED) is 0.622. The van der Waals surface area contributed by atoms with Crippen LogP contribution in [0.3, 0.4) is 0 Å². The highest BCUT2D eigenvalue weighted by molar-refractivity contribution is 7.80. The average molecular weight is 368 g/mol. The van der Waals surface area contributed by atoms with Gasteiger partial charge < -0.3 is 15.5 Å². The van der Waals surface area contributed by atoms with E-state index >= 15 is 0 Å². The van der Waals surface area contributed by atoms with Crippen molar-refractivity contribution in [2.45, 2.75) is 19.8 Å². The van der Waals surface area contributed by atoms with Crippen molar-refractivity contribution < 1.29 is 4.79 Å². The van der Waals surface area contributed by atoms with Gasteiger partial charge in [0.15, 0.2) is 10.9 Å². The van der Waals surface area contributed by atoms with Crippen LogP contribution in [0.2, 0.25) is 0 Å². The van der Waals surface area contributed by atoms with E-state index in [4.69, 9.17) is 12.2 Å². The standard InChI is InChI=1S/C21H25N3OS/c1-15-6-8-18(9-7-15)22-21(26)23-19-5-3-4-17(14-19)20(25)16-10-12-24(2)13-11-16/h3-9,14,16H,10-13H2,1-2H3,(H2,22,23,26). The van der Waals surface area contributed by atoms with Gasteiger partial charge in [0.05, 0.1) is 0 Å². The van der Waals surface area contributed by atoms with Crippen molar-refractivity contribution in [1.29, 1.82) is 0 Å². The zero-order valence-corrected chi connectivity index (χ0v) is 16.1. The van der Waals surface area contributed by atoms with Crippen molar-refractivity contribution in [1.82, 2.24) is 4.90 Å². The fraction of sp³-hybridized carbons (Fsp3) is 0.333. The minimum absolute atomic E-state index is 0.124. The van der Waals surface area contributed by atoms with Crippen LogP contribution >= 0.6 is 12.2 Å². The highest BCUT2D eigenvalue weighted by Gasteiger charge is 2.24. The van der Waals surface area contributed by atoms with E-state index in [1.54, 1.807) is 0 Å². The largest absolute Gasteiger partial charge is 0.332 e. The van der Waals surface area contributed by atoms with Crippen LogP contribution in [0.5, 0.6) is 0 Å². The van der Waals surface area contributed by atoms with Gasteiger partial charge in [0.2, 0.25) is 0 Å². The summed E-state index contributed by atoms with van der Waals surface area (Å²) in [5.41, 5.74) is 3.72. The molecule has 1 aliphatic rings. The molecule has 1 heterocycles. The Bertz CT molecular complexity index is 780. The Kier molecular flexibility index (Phi) is 6.01. The Morgan fingerprint density at radius 3 is 2.38 bits per heavy atom. The molecule has 0 amide bonds. The molecule has 3 rings (SSSR count). The summed E-state index contributed by atoms with van der Waals surface area (Å²) in [5.74, 6) is 0.359. The van der Waals surface area contributed by atoms with Crippen molar-refractivity contribution in [2.24, 2.45) is 5.92 Å². The van der Waals surface area contributed by atoms with E-state index in [-0.39, 0.29) is 11.7 Å². The zero-order chi connectivity index (χ0) is 18.5. The van der Waals surface area contributed by atoms with Gasteiger partial charge in [-0.1, -0.05) is 29.8 Å². The number of nitrogens with one attached hydrogen (secondary N) is 2. The third-order valence-electron chi connectivity index (χ3n) is 4.80. The molecule has 0 aromatic heterocycles. The number of likely N-dealkylation sites (tertiary alicyclic amines) is 1. The fourth-order valence-corrected chi connectivity index (χ4v) is 3.42. The third-order valence-corrected chi connectivity index (χ3v) is 5.01. The first-order chi connectivity index (χ1) is 12.5. The smallest absolute Gasteiger partial charge is 0.175 e. The summed E-state index contributed by atoms with van der Waals surface area (Å²) in [6, 6.07) is 15.7. The normalized spacial score (nSPS) is 15.5. The lowest BCUT2D eigenvalue weighted by molar-refractivity contribution is 0.0857. The van der Waals surface area contributed by atoms with E-state index in [2.05, 4.69) is 22.6 Å². The second kappa shape index (κ2) is 8.43. The van der Waals surface area contributed by atoms with Gasteiger partial charge in [0.25, 0.3) is 0 Å². The number of hydrogen-bond acceptors (Lipinski definition) is 3. The molecule has 0 spiro atoms. The van der Waals surface area contributed by atoms with E-state index < -0.39 is 0 Å². The number of carbonyl (C=O) groups excluding carboxylic acids is 1. The highest BCUT2D eigenvalue weighted by atomic mass is 32.1. The van der Waals surface area contributed by atoms with E-state index in [0.29, 0.717) is 5.11 Å². The molecule has 0 saturated carbocycles. The molecule has 2 aromatic rings. The summed E-state index contributed by atoms with van der Waals surface area (Å²) in [6.07, 6.45) is 1.86. The maximum atomic E-state index is 12.8. The van der Waals surface area contributed by atoms with Crippen LogP contribution in [0.15, 0.2) is 48.5 Å². The Labute approximate surface area is 160 Å². The Morgan fingerprint density at radius 1 is 1.04 bits per heavy atom. The molecule has 26 heavy (non-hydrogen) atoms. The van der Waals surface area contributed by atoms with Crippen molar-refractivity contribution in [3.8, 4) is 0 Å². The lowest BCUT2D eigenvalue weighted by Gasteiger charge is -2.28. The molecule has 0 aliphatic carbocycles. The summed E-state index contributed by atoms with van der Waals surface area (Å²) >= 11 is 5.39. The van der Waals surface area contributed by atoms with E-state index in [0.717, 1.165) is 42.9 Å². The number of hydrogen-bond donors (Lipinski definition) is 2. The van der Waals surface area contributed by atoms with Crippen LogP contribution in [0.4, 0.5) is 11.4 Å². The topological polar surface area (TPSA) is 44.4 Å². The number of benzene rings is 2. The Hall–Kier alpha value is -2.24. The maximum absolute atomic E-state index is 12.8. The molecule has 2 aromatic carbocycles. The van der Waals surface area contributed by atoms with E-state index in [9.17, 15) is 4.79 Å². The molecule has 4 nitrogen and oxygen atoms in total. The zero-order valence-electron chi connectivity index (χ0n) is 15.3. The molecule has 0 atom stereocenters. The average Bonchev–Trinajstić information content (AvgIpc) is 2.64. The summed E-state index contributed by atoms with van der Waals surface area (Å²) in [4.78, 5) is 15.0. The second-order valence-electron chi connectivity index (χ2n) is 6.97. The van der Waals surface area contributed by atoms with Gasteiger partial charge in [-0.15, -0.1) is 0 Å². The van der Waals surface area contributed by atoms with Gasteiger partial charge in [-0.3, -0.25) is 4.79 Å². The number of ketones is 1. The molecular weight excluding hydrogens is 342 g/mol. The number of aryl methyl sites for hydroxylation is 1. The van der Waals surface area contributed by atoms with Crippen molar-refractivity contribution in [3.05, 3.63) is 59.7 Å². The summed E-state index contributed by atoms with van der Waals surface area (Å²) in [5, 5.41) is 6.85. The van der Waals surface area contributed by atoms with Crippen LogP contribution in [0.1, 0.15) is 28.8 Å². The first-order valence-electron chi connectivity index (χ1n) is 8.99. The molecular formula is C21H25N3OS. The Morgan fingerprint density at radius 2 is 1.69 bits per heavy atom. The first-order valence-corrected chi connectivity index (χ1v) is 9.39. The van der Waals surface area contributed by atoms with Crippen LogP contribution < -0.4 is 10.6 Å². The van der Waals surface area contributed by atoms with Crippen LogP contribution in [0, 0.1) is 12.8 Å². The summed E-state index contributed by atoms with van der Waals surface area (Å²) < 4.78 is 0. The number of rotatable bonds is 4. The monoisotopic (exact) mass is 367 g/mol. The molecule has 2 N–H and O–H groups in total. The maximum Gasteiger partial charge on any atom is 0.175 e. The molecule has 136 valence electrons. The van der Waals surface area contributed by atoms with Crippen molar-refractivity contribution in [3.63, 3.8) is 0 Å². The number of Topliss-reactive ketones (excluding diaryl/α,β-unsaturated/α-hetero) is 1. The van der Waals surface area contributed by atoms with Crippen LogP contribution in [-0.4, -0.2) is 35.9 Å². The molecule has 5 heteroatoms. The molecule has 0 radical (unpaired) electrons. The number of carbonyl (C=O) groups is 1. The molecule has 1 aliphatic heterocycles. The first kappa shape index (κ1) is 18.5. The van der Waals surface area contributed by atoms with Crippen LogP contribution in [-0.2, 0) is 0 Å². The van der Waals surface area contributed by atoms with E-state index in [1.807, 2.05) is 55.5 Å². The van der Waals surface area contributed by atoms with Gasteiger partial charge in [0, 0.05) is 22.9 Å². The minimum Gasteiger partial charge on any atom is -0.332 e. The van der Waals surface area contributed by atoms with Gasteiger partial charge in [0.1, 0.15) is 0 Å². The second-order valence-corrected chi connectivity index (χ2v) is 7.38. The van der Waals surface area contributed by atoms with Crippen molar-refractivity contribution >= 4 is 34.5 Å². The van der Waals surface area contributed by atoms with Crippen molar-refractivity contribution in [2.75, 3.05) is 30.8 Å². The van der Waals surface area contributed by atoms with Crippen LogP contribution in [0.25, 0.3) is 0 Å². The summed E-state index contributed by atoms with van der Waals surface area (Å²) in [7, 11) is 2.10. The van der Waals surface area contributed by atoms with Gasteiger partial charge in [-0.2, -0.15) is 0 Å². The van der Waals surface area contributed by atoms with Gasteiger partial charge in [-0.05, 0) is 76.4 Å². The lowest BCUT2D eigenvalue weighted by Crippen LogP contribution is -2.33. The summed E-state index contributed by atoms with van der Waals surface area (Å²) in [6.45, 7) is 4.02. The predicted molar refractivity (Wildman–Crippen MR) is 112 cm³/mol. The Balaban J connectivity index is 1.62. The number of nitrogens with zero attached hydrogens (tertiary/aromatic N) is 1. The number of anilines is 2. The fourth-order valence-electron chi connectivity index (χ4n) is 3.19. The minimum atomic E-state index is 0.124. The predicted octanol–water partition coefficient (Wildman–Crippen LogP) is 4.33. The number of thiocarbonyl (C=S) groups is 1. The highest BCUT2D eigenvalue weighted by Crippen LogP contribution is 2.22.